The smallest absolute Gasteiger partial charge is 0.348 e. The first-order chi connectivity index (χ1) is 16.7. The first-order valence-corrected chi connectivity index (χ1v) is 13.9. The van der Waals surface area contributed by atoms with Gasteiger partial charge in [-0.2, -0.15) is 0 Å². The van der Waals surface area contributed by atoms with Crippen LogP contribution in [0.25, 0.3) is 10.4 Å². The minimum Gasteiger partial charge on any atom is -0.477 e. The van der Waals surface area contributed by atoms with Crippen LogP contribution in [0.4, 0.5) is 10.1 Å². The molecule has 1 aromatic heterocycles. The van der Waals surface area contributed by atoms with E-state index in [0.717, 1.165) is 24.2 Å². The monoisotopic (exact) mass is 537 g/mol. The Morgan fingerprint density at radius 3 is 2.51 bits per heavy atom. The molecule has 0 spiro atoms. The van der Waals surface area contributed by atoms with Gasteiger partial charge < -0.3 is 14.4 Å². The van der Waals surface area contributed by atoms with E-state index in [9.17, 15) is 18.9 Å². The van der Waals surface area contributed by atoms with Crippen LogP contribution in [0.1, 0.15) is 28.1 Å². The first kappa shape index (κ1) is 25.9. The predicted molar refractivity (Wildman–Crippen MR) is 138 cm³/mol. The van der Waals surface area contributed by atoms with Crippen LogP contribution in [0, 0.1) is 18.7 Å². The van der Waals surface area contributed by atoms with Crippen LogP contribution in [0.5, 0.6) is 0 Å². The Morgan fingerprint density at radius 1 is 1.23 bits per heavy atom. The number of carboxylic acid groups (broad SMARTS) is 1. The van der Waals surface area contributed by atoms with Gasteiger partial charge in [0.25, 0.3) is 0 Å². The summed E-state index contributed by atoms with van der Waals surface area (Å²) in [5.41, 5.74) is 1.67. The van der Waals surface area contributed by atoms with Gasteiger partial charge in [0.05, 0.1) is 11.0 Å². The van der Waals surface area contributed by atoms with Crippen molar-refractivity contribution in [2.24, 2.45) is 5.92 Å². The lowest BCUT2D eigenvalue weighted by Gasteiger charge is -2.36. The van der Waals surface area contributed by atoms with E-state index in [4.69, 9.17) is 20.9 Å². The Hall–Kier alpha value is -2.22. The first-order valence-electron chi connectivity index (χ1n) is 11.1. The number of rotatable bonds is 8. The van der Waals surface area contributed by atoms with Gasteiger partial charge in [0.1, 0.15) is 10.7 Å². The highest BCUT2D eigenvalue weighted by Gasteiger charge is 2.39. The van der Waals surface area contributed by atoms with Gasteiger partial charge >= 0.3 is 13.5 Å². The number of aryl methyl sites for hydroxylation is 1. The zero-order chi connectivity index (χ0) is 25.2. The Labute approximate surface area is 212 Å². The lowest BCUT2D eigenvalue weighted by Crippen LogP contribution is -2.35. The second-order valence-electron chi connectivity index (χ2n) is 8.41. The maximum absolute atomic E-state index is 14.6. The summed E-state index contributed by atoms with van der Waals surface area (Å²) in [6.07, 6.45) is 1.52. The molecule has 3 aromatic rings. The lowest BCUT2D eigenvalue weighted by molar-refractivity contribution is 0.0683. The van der Waals surface area contributed by atoms with Gasteiger partial charge in [0.2, 0.25) is 0 Å². The number of thiophene rings is 1. The summed E-state index contributed by atoms with van der Waals surface area (Å²) in [4.78, 5) is 13.0. The largest absolute Gasteiger partial charge is 0.477 e. The fraction of sp³-hybridized carbons (Fsp3) is 0.320. The van der Waals surface area contributed by atoms with Gasteiger partial charge in [0, 0.05) is 36.8 Å². The number of ether oxygens (including phenoxy) is 1. The third-order valence-electron chi connectivity index (χ3n) is 6.11. The number of hydrogen-bond acceptors (Lipinski definition) is 5. The summed E-state index contributed by atoms with van der Waals surface area (Å²) < 4.78 is 41.0. The number of carbonyl (C=O) groups is 1. The van der Waals surface area contributed by atoms with Crippen molar-refractivity contribution in [2.45, 2.75) is 19.8 Å². The van der Waals surface area contributed by atoms with Crippen molar-refractivity contribution >= 4 is 47.4 Å². The molecule has 0 amide bonds. The number of nitrogens with zero attached hydrogens (tertiary/aromatic N) is 1. The van der Waals surface area contributed by atoms with Crippen LogP contribution >= 0.6 is 30.5 Å². The molecule has 1 unspecified atom stereocenters. The molecule has 1 aliphatic heterocycles. The molecule has 35 heavy (non-hydrogen) atoms. The van der Waals surface area contributed by atoms with Crippen molar-refractivity contribution in [3.05, 3.63) is 69.8 Å². The van der Waals surface area contributed by atoms with E-state index in [1.165, 1.54) is 19.2 Å². The van der Waals surface area contributed by atoms with Crippen LogP contribution < -0.4 is 9.97 Å². The number of benzene rings is 2. The van der Waals surface area contributed by atoms with Gasteiger partial charge in [0.15, 0.2) is 0 Å². The third kappa shape index (κ3) is 5.47. The molecule has 10 heteroatoms. The molecule has 1 fully saturated rings. The van der Waals surface area contributed by atoms with E-state index in [-0.39, 0.29) is 16.6 Å². The number of halogens is 2. The minimum absolute atomic E-state index is 0.0419. The molecule has 186 valence electrons. The Balaban J connectivity index is 1.88. The second-order valence-corrected chi connectivity index (χ2v) is 12.3. The molecule has 1 aliphatic rings. The molecule has 0 saturated carbocycles. The minimum atomic E-state index is -3.74. The van der Waals surface area contributed by atoms with Crippen LogP contribution in [-0.4, -0.2) is 37.9 Å². The zero-order valence-corrected chi connectivity index (χ0v) is 21.8. The van der Waals surface area contributed by atoms with Gasteiger partial charge in [-0.1, -0.05) is 23.7 Å². The highest BCUT2D eigenvalue weighted by molar-refractivity contribution is 7.68. The molecule has 2 heterocycles. The highest BCUT2D eigenvalue weighted by atomic mass is 35.5. The molecule has 1 atom stereocenters. The fourth-order valence-corrected chi connectivity index (χ4v) is 7.88. The van der Waals surface area contributed by atoms with Crippen LogP contribution in [0.2, 0.25) is 5.02 Å². The van der Waals surface area contributed by atoms with E-state index in [0.29, 0.717) is 51.8 Å². The zero-order valence-electron chi connectivity index (χ0n) is 19.4. The SMILES string of the molecule is COP(=O)(c1ccc(Cl)cc1C)N(CC1CCOCC1)c1cc(-c2ccc(F)cc2)sc1C(=O)O. The van der Waals surface area contributed by atoms with Crippen LogP contribution in [-0.2, 0) is 13.8 Å². The van der Waals surface area contributed by atoms with Crippen molar-refractivity contribution in [1.29, 1.82) is 0 Å². The average Bonchev–Trinajstić information content (AvgIpc) is 3.28. The van der Waals surface area contributed by atoms with E-state index in [1.54, 1.807) is 48.0 Å². The molecule has 4 rings (SSSR count). The molecule has 1 N–H and O–H groups in total. The van der Waals surface area contributed by atoms with Crippen molar-refractivity contribution in [3.63, 3.8) is 0 Å². The third-order valence-corrected chi connectivity index (χ3v) is 10.1. The molecular weight excluding hydrogens is 512 g/mol. The number of carboxylic acids is 1. The molecular formula is C25H26ClFNO5PS. The van der Waals surface area contributed by atoms with Crippen molar-refractivity contribution in [2.75, 3.05) is 31.5 Å². The number of anilines is 1. The summed E-state index contributed by atoms with van der Waals surface area (Å²) in [5.74, 6) is -1.38. The summed E-state index contributed by atoms with van der Waals surface area (Å²) in [6.45, 7) is 3.31. The van der Waals surface area contributed by atoms with Gasteiger partial charge in [-0.3, -0.25) is 9.24 Å². The van der Waals surface area contributed by atoms with Crippen LogP contribution in [0.15, 0.2) is 48.5 Å². The normalized spacial score (nSPS) is 16.1. The lowest BCUT2D eigenvalue weighted by atomic mass is 10.0. The van der Waals surface area contributed by atoms with Gasteiger partial charge in [-0.25, -0.2) is 9.18 Å². The van der Waals surface area contributed by atoms with E-state index < -0.39 is 13.5 Å². The molecule has 0 bridgehead atoms. The maximum atomic E-state index is 14.6. The van der Waals surface area contributed by atoms with E-state index >= 15 is 0 Å². The van der Waals surface area contributed by atoms with Crippen LogP contribution in [0.3, 0.4) is 0 Å². The van der Waals surface area contributed by atoms with E-state index in [1.807, 2.05) is 0 Å². The highest BCUT2D eigenvalue weighted by Crippen LogP contribution is 2.55. The predicted octanol–water partition coefficient (Wildman–Crippen LogP) is 6.61. The van der Waals surface area contributed by atoms with Crippen molar-refractivity contribution in [1.82, 2.24) is 0 Å². The van der Waals surface area contributed by atoms with Crippen molar-refractivity contribution < 1.29 is 28.1 Å². The summed E-state index contributed by atoms with van der Waals surface area (Å²) in [6, 6.07) is 12.6. The Bertz CT molecular complexity index is 1260. The molecule has 0 radical (unpaired) electrons. The van der Waals surface area contributed by atoms with Gasteiger partial charge in [-0.05, 0) is 73.2 Å². The van der Waals surface area contributed by atoms with E-state index in [2.05, 4.69) is 0 Å². The fourth-order valence-electron chi connectivity index (χ4n) is 4.27. The maximum Gasteiger partial charge on any atom is 0.348 e. The molecule has 0 aliphatic carbocycles. The quantitative estimate of drug-likeness (QED) is 0.326. The Morgan fingerprint density at radius 2 is 1.91 bits per heavy atom. The van der Waals surface area contributed by atoms with Crippen molar-refractivity contribution in [3.8, 4) is 10.4 Å². The summed E-state index contributed by atoms with van der Waals surface area (Å²) >= 11 is 7.21. The molecule has 1 saturated heterocycles. The molecule has 6 nitrogen and oxygen atoms in total. The summed E-state index contributed by atoms with van der Waals surface area (Å²) in [5, 5.41) is 11.0. The number of aromatic carboxylic acids is 1. The summed E-state index contributed by atoms with van der Waals surface area (Å²) in [7, 11) is -2.37. The Kier molecular flexibility index (Phi) is 7.99. The average molecular weight is 538 g/mol. The topological polar surface area (TPSA) is 76.1 Å². The second kappa shape index (κ2) is 10.8. The standard InChI is InChI=1S/C25H26ClFNO5PS/c1-16-13-19(26)5-8-22(16)34(31,32-2)28(15-17-9-11-33-12-10-17)21-14-23(35-24(21)25(29)30)18-3-6-20(27)7-4-18/h3-8,13-14,17H,9-12,15H2,1-2H3,(H,29,30). The van der Waals surface area contributed by atoms with Gasteiger partial charge in [-0.15, -0.1) is 11.3 Å². The molecule has 2 aromatic carbocycles. The number of hydrogen-bond donors (Lipinski definition) is 1.